The predicted octanol–water partition coefficient (Wildman–Crippen LogP) is 2.24. The van der Waals surface area contributed by atoms with Crippen LogP contribution in [0.5, 0.6) is 0 Å². The van der Waals surface area contributed by atoms with Gasteiger partial charge in [-0.05, 0) is 51.1 Å². The van der Waals surface area contributed by atoms with Crippen molar-refractivity contribution in [2.24, 2.45) is 15.1 Å². The fourth-order valence-corrected chi connectivity index (χ4v) is 2.33. The van der Waals surface area contributed by atoms with Crippen LogP contribution >= 0.6 is 0 Å². The predicted molar refractivity (Wildman–Crippen MR) is 96.6 cm³/mol. The minimum atomic E-state index is -3.87. The molecule has 0 aliphatic heterocycles. The Hall–Kier alpha value is -2.74. The summed E-state index contributed by atoms with van der Waals surface area (Å²) in [7, 11) is -3.87. The van der Waals surface area contributed by atoms with Crippen molar-refractivity contribution in [3.63, 3.8) is 0 Å². The van der Waals surface area contributed by atoms with Crippen LogP contribution < -0.4 is 11.1 Å². The SMILES string of the molecule is C=C(C)C(=O)Nc1ccc(S(=O)(=O)N=CN=C(C)C=C(C)N)cc1. The minimum Gasteiger partial charge on any atom is -0.402 e. The molecule has 0 unspecified atom stereocenters. The minimum absolute atomic E-state index is 0.00882. The highest BCUT2D eigenvalue weighted by Crippen LogP contribution is 2.16. The molecule has 0 fully saturated rings. The van der Waals surface area contributed by atoms with Gasteiger partial charge in [0.15, 0.2) is 0 Å². The molecule has 24 heavy (non-hydrogen) atoms. The van der Waals surface area contributed by atoms with Crippen molar-refractivity contribution in [3.05, 3.63) is 48.2 Å². The van der Waals surface area contributed by atoms with Gasteiger partial charge in [-0.1, -0.05) is 6.58 Å². The number of amides is 1. The topological polar surface area (TPSA) is 114 Å². The smallest absolute Gasteiger partial charge is 0.283 e. The van der Waals surface area contributed by atoms with Gasteiger partial charge in [-0.25, -0.2) is 4.99 Å². The number of allylic oxidation sites excluding steroid dienone is 2. The standard InChI is InChI=1S/C16H20N4O3S/c1-11(2)16(21)20-14-5-7-15(8-6-14)24(22,23)19-10-18-13(4)9-12(3)17/h5-10H,1,17H2,2-4H3,(H,20,21). The lowest BCUT2D eigenvalue weighted by molar-refractivity contribution is -0.112. The number of nitrogens with two attached hydrogens (primary N) is 1. The van der Waals surface area contributed by atoms with E-state index in [4.69, 9.17) is 5.73 Å². The summed E-state index contributed by atoms with van der Waals surface area (Å²) < 4.78 is 27.6. The van der Waals surface area contributed by atoms with Crippen molar-refractivity contribution >= 4 is 33.7 Å². The maximum absolute atomic E-state index is 12.1. The van der Waals surface area contributed by atoms with Crippen molar-refractivity contribution in [1.82, 2.24) is 0 Å². The Kier molecular flexibility index (Phi) is 6.60. The van der Waals surface area contributed by atoms with Crippen LogP contribution in [-0.4, -0.2) is 26.4 Å². The summed E-state index contributed by atoms with van der Waals surface area (Å²) in [5.74, 6) is -0.336. The van der Waals surface area contributed by atoms with Gasteiger partial charge in [0.05, 0.1) is 4.90 Å². The third-order valence-electron chi connectivity index (χ3n) is 2.68. The molecule has 0 bridgehead atoms. The van der Waals surface area contributed by atoms with Gasteiger partial charge >= 0.3 is 0 Å². The average molecular weight is 348 g/mol. The number of benzene rings is 1. The first-order valence-electron chi connectivity index (χ1n) is 6.96. The summed E-state index contributed by atoms with van der Waals surface area (Å²) in [4.78, 5) is 15.4. The number of hydrogen-bond donors (Lipinski definition) is 2. The lowest BCUT2D eigenvalue weighted by Crippen LogP contribution is -2.11. The zero-order valence-corrected chi connectivity index (χ0v) is 14.6. The number of nitrogens with zero attached hydrogens (tertiary/aromatic N) is 2. The Morgan fingerprint density at radius 1 is 1.21 bits per heavy atom. The van der Waals surface area contributed by atoms with Crippen molar-refractivity contribution in [1.29, 1.82) is 0 Å². The van der Waals surface area contributed by atoms with E-state index in [0.29, 0.717) is 22.7 Å². The van der Waals surface area contributed by atoms with Gasteiger partial charge in [0.25, 0.3) is 15.9 Å². The molecule has 0 heterocycles. The van der Waals surface area contributed by atoms with Crippen LogP contribution in [0.1, 0.15) is 20.8 Å². The molecular weight excluding hydrogens is 328 g/mol. The highest BCUT2D eigenvalue weighted by atomic mass is 32.2. The number of carbonyl (C=O) groups is 1. The quantitative estimate of drug-likeness (QED) is 0.466. The molecule has 0 spiro atoms. The second kappa shape index (κ2) is 8.21. The van der Waals surface area contributed by atoms with Crippen LogP contribution in [0.2, 0.25) is 0 Å². The first-order chi connectivity index (χ1) is 11.1. The number of hydrogen-bond acceptors (Lipinski definition) is 4. The van der Waals surface area contributed by atoms with Gasteiger partial charge in [-0.3, -0.25) is 4.79 Å². The first-order valence-corrected chi connectivity index (χ1v) is 8.40. The lowest BCUT2D eigenvalue weighted by atomic mass is 10.3. The number of rotatable bonds is 6. The molecule has 1 aromatic rings. The van der Waals surface area contributed by atoms with Crippen LogP contribution in [0.15, 0.2) is 62.5 Å². The second-order valence-corrected chi connectivity index (χ2v) is 6.75. The van der Waals surface area contributed by atoms with E-state index >= 15 is 0 Å². The zero-order chi connectivity index (χ0) is 18.3. The van der Waals surface area contributed by atoms with Crippen LogP contribution in [0, 0.1) is 0 Å². The second-order valence-electron chi connectivity index (χ2n) is 5.11. The van der Waals surface area contributed by atoms with Crippen LogP contribution in [0.4, 0.5) is 5.69 Å². The van der Waals surface area contributed by atoms with E-state index in [0.717, 1.165) is 6.34 Å². The summed E-state index contributed by atoms with van der Waals surface area (Å²) in [6.45, 7) is 8.47. The third kappa shape index (κ3) is 6.17. The number of aliphatic imine (C=N–C) groups is 1. The monoisotopic (exact) mass is 348 g/mol. The summed E-state index contributed by atoms with van der Waals surface area (Å²) in [5, 5.41) is 2.58. The molecule has 1 aromatic carbocycles. The molecule has 0 aromatic heterocycles. The van der Waals surface area contributed by atoms with Gasteiger partial charge in [0.1, 0.15) is 6.34 Å². The van der Waals surface area contributed by atoms with E-state index in [9.17, 15) is 13.2 Å². The van der Waals surface area contributed by atoms with E-state index in [1.165, 1.54) is 24.3 Å². The van der Waals surface area contributed by atoms with Gasteiger partial charge in [-0.15, -0.1) is 4.40 Å². The molecule has 7 nitrogen and oxygen atoms in total. The highest BCUT2D eigenvalue weighted by Gasteiger charge is 2.12. The first kappa shape index (κ1) is 19.3. The summed E-state index contributed by atoms with van der Waals surface area (Å²) in [6, 6.07) is 5.64. The largest absolute Gasteiger partial charge is 0.402 e. The molecule has 0 aliphatic carbocycles. The molecule has 128 valence electrons. The number of nitrogens with one attached hydrogen (secondary N) is 1. The maximum Gasteiger partial charge on any atom is 0.283 e. The molecule has 0 atom stereocenters. The highest BCUT2D eigenvalue weighted by molar-refractivity contribution is 7.90. The van der Waals surface area contributed by atoms with Crippen LogP contribution in [0.25, 0.3) is 0 Å². The van der Waals surface area contributed by atoms with E-state index in [2.05, 4.69) is 21.3 Å². The Balaban J connectivity index is 2.90. The van der Waals surface area contributed by atoms with Crippen molar-refractivity contribution in [2.75, 3.05) is 5.32 Å². The number of anilines is 1. The van der Waals surface area contributed by atoms with Gasteiger partial charge in [0.2, 0.25) is 0 Å². The fourth-order valence-electron chi connectivity index (χ4n) is 1.55. The zero-order valence-electron chi connectivity index (χ0n) is 13.8. The molecule has 0 saturated carbocycles. The van der Waals surface area contributed by atoms with Gasteiger partial charge < -0.3 is 11.1 Å². The van der Waals surface area contributed by atoms with Crippen LogP contribution in [-0.2, 0) is 14.8 Å². The summed E-state index contributed by atoms with van der Waals surface area (Å²) >= 11 is 0. The molecule has 1 rings (SSSR count). The summed E-state index contributed by atoms with van der Waals surface area (Å²) in [5.41, 5.74) is 7.40. The van der Waals surface area contributed by atoms with Gasteiger partial charge in [-0.2, -0.15) is 8.42 Å². The molecule has 8 heteroatoms. The summed E-state index contributed by atoms with van der Waals surface area (Å²) in [6.07, 6.45) is 2.55. The van der Waals surface area contributed by atoms with E-state index in [1.807, 2.05) is 0 Å². The molecule has 0 radical (unpaired) electrons. The van der Waals surface area contributed by atoms with Gasteiger partial charge in [0, 0.05) is 22.7 Å². The van der Waals surface area contributed by atoms with E-state index in [-0.39, 0.29) is 10.8 Å². The fraction of sp³-hybridized carbons (Fsp3) is 0.188. The van der Waals surface area contributed by atoms with Crippen molar-refractivity contribution < 1.29 is 13.2 Å². The molecular formula is C16H20N4O3S. The Morgan fingerprint density at radius 2 is 1.79 bits per heavy atom. The normalized spacial score (nSPS) is 13.1. The van der Waals surface area contributed by atoms with Crippen LogP contribution in [0.3, 0.4) is 0 Å². The Bertz CT molecular complexity index is 815. The lowest BCUT2D eigenvalue weighted by Gasteiger charge is -2.05. The van der Waals surface area contributed by atoms with Crippen molar-refractivity contribution in [3.8, 4) is 0 Å². The average Bonchev–Trinajstić information content (AvgIpc) is 2.46. The van der Waals surface area contributed by atoms with E-state index in [1.54, 1.807) is 26.8 Å². The molecule has 3 N–H and O–H groups in total. The third-order valence-corrected chi connectivity index (χ3v) is 3.92. The Labute approximate surface area is 141 Å². The maximum atomic E-state index is 12.1. The molecule has 0 aliphatic rings. The molecule has 1 amide bonds. The number of sulfonamides is 1. The molecule has 0 saturated heterocycles. The number of carbonyl (C=O) groups excluding carboxylic acids is 1. The Morgan fingerprint density at radius 3 is 2.29 bits per heavy atom. The van der Waals surface area contributed by atoms with Crippen molar-refractivity contribution in [2.45, 2.75) is 25.7 Å². The van der Waals surface area contributed by atoms with E-state index < -0.39 is 10.0 Å².